The van der Waals surface area contributed by atoms with Crippen LogP contribution < -0.4 is 10.0 Å². The maximum atomic E-state index is 12.1. The van der Waals surface area contributed by atoms with E-state index in [0.717, 1.165) is 31.5 Å². The number of sulfonamides is 1. The Hall–Kier alpha value is -0.950. The van der Waals surface area contributed by atoms with Gasteiger partial charge < -0.3 is 10.1 Å². The van der Waals surface area contributed by atoms with Crippen molar-refractivity contribution in [1.82, 2.24) is 10.0 Å². The highest BCUT2D eigenvalue weighted by molar-refractivity contribution is 7.89. The van der Waals surface area contributed by atoms with Crippen LogP contribution in [0.5, 0.6) is 0 Å². The lowest BCUT2D eigenvalue weighted by atomic mass is 10.1. The monoisotopic (exact) mass is 298 g/mol. The molecule has 1 aliphatic rings. The fourth-order valence-electron chi connectivity index (χ4n) is 2.23. The van der Waals surface area contributed by atoms with Crippen molar-refractivity contribution in [3.05, 3.63) is 29.8 Å². The first-order valence-corrected chi connectivity index (χ1v) is 8.45. The number of hydrogen-bond acceptors (Lipinski definition) is 4. The molecule has 0 aliphatic carbocycles. The third-order valence-electron chi connectivity index (χ3n) is 3.33. The van der Waals surface area contributed by atoms with E-state index in [9.17, 15) is 8.42 Å². The van der Waals surface area contributed by atoms with Gasteiger partial charge in [-0.3, -0.25) is 0 Å². The molecular formula is C14H22N2O3S. The van der Waals surface area contributed by atoms with Crippen LogP contribution in [0.25, 0.3) is 0 Å². The molecule has 1 aromatic rings. The first-order chi connectivity index (χ1) is 9.58. The molecule has 1 heterocycles. The number of ether oxygens (including phenoxy) is 1. The second kappa shape index (κ2) is 7.17. The van der Waals surface area contributed by atoms with Crippen LogP contribution in [0.2, 0.25) is 0 Å². The molecule has 6 heteroatoms. The van der Waals surface area contributed by atoms with Crippen molar-refractivity contribution in [2.45, 2.75) is 30.8 Å². The van der Waals surface area contributed by atoms with Gasteiger partial charge in [-0.05, 0) is 50.6 Å². The molecule has 0 bridgehead atoms. The number of piperidine rings is 1. The van der Waals surface area contributed by atoms with Gasteiger partial charge in [-0.1, -0.05) is 12.1 Å². The average Bonchev–Trinajstić information content (AvgIpc) is 2.45. The zero-order chi connectivity index (χ0) is 14.4. The predicted octanol–water partition coefficient (Wildman–Crippen LogP) is 1.04. The lowest BCUT2D eigenvalue weighted by Crippen LogP contribution is -2.34. The molecule has 0 amide bonds. The Balaban J connectivity index is 1.78. The van der Waals surface area contributed by atoms with Gasteiger partial charge >= 0.3 is 0 Å². The lowest BCUT2D eigenvalue weighted by molar-refractivity contribution is 0.0367. The Labute approximate surface area is 120 Å². The lowest BCUT2D eigenvalue weighted by Gasteiger charge is -2.22. The van der Waals surface area contributed by atoms with Crippen molar-refractivity contribution < 1.29 is 13.2 Å². The first kappa shape index (κ1) is 15.4. The second-order valence-electron chi connectivity index (χ2n) is 5.03. The van der Waals surface area contributed by atoms with E-state index in [0.29, 0.717) is 18.0 Å². The van der Waals surface area contributed by atoms with E-state index in [2.05, 4.69) is 10.0 Å². The maximum absolute atomic E-state index is 12.1. The molecule has 112 valence electrons. The second-order valence-corrected chi connectivity index (χ2v) is 6.80. The minimum absolute atomic E-state index is 0.250. The predicted molar refractivity (Wildman–Crippen MR) is 78.2 cm³/mol. The van der Waals surface area contributed by atoms with Gasteiger partial charge in [-0.15, -0.1) is 0 Å². The molecule has 0 unspecified atom stereocenters. The van der Waals surface area contributed by atoms with Crippen LogP contribution in [-0.4, -0.2) is 40.8 Å². The van der Waals surface area contributed by atoms with Crippen LogP contribution in [0.4, 0.5) is 0 Å². The van der Waals surface area contributed by atoms with E-state index < -0.39 is 10.0 Å². The summed E-state index contributed by atoms with van der Waals surface area (Å²) in [6.45, 7) is 4.54. The van der Waals surface area contributed by atoms with E-state index in [1.54, 1.807) is 18.2 Å². The smallest absolute Gasteiger partial charge is 0.240 e. The fourth-order valence-corrected chi connectivity index (χ4v) is 3.35. The third-order valence-corrected chi connectivity index (χ3v) is 4.79. The van der Waals surface area contributed by atoms with Crippen LogP contribution >= 0.6 is 0 Å². The van der Waals surface area contributed by atoms with Crippen LogP contribution in [0, 0.1) is 6.92 Å². The van der Waals surface area contributed by atoms with Crippen LogP contribution in [0.15, 0.2) is 29.2 Å². The van der Waals surface area contributed by atoms with Crippen LogP contribution in [0.1, 0.15) is 18.4 Å². The average molecular weight is 298 g/mol. The molecule has 1 saturated heterocycles. The van der Waals surface area contributed by atoms with Gasteiger partial charge in [0.1, 0.15) is 0 Å². The third kappa shape index (κ3) is 4.56. The van der Waals surface area contributed by atoms with Gasteiger partial charge in [0.25, 0.3) is 0 Å². The summed E-state index contributed by atoms with van der Waals surface area (Å²) in [7, 11) is -3.43. The molecule has 0 saturated carbocycles. The molecule has 1 aromatic carbocycles. The zero-order valence-electron chi connectivity index (χ0n) is 11.8. The largest absolute Gasteiger partial charge is 0.377 e. The Kier molecular flexibility index (Phi) is 5.54. The molecule has 0 radical (unpaired) electrons. The van der Waals surface area contributed by atoms with E-state index in [1.165, 1.54) is 0 Å². The number of hydrogen-bond donors (Lipinski definition) is 2. The van der Waals surface area contributed by atoms with Crippen molar-refractivity contribution in [1.29, 1.82) is 0 Å². The summed E-state index contributed by atoms with van der Waals surface area (Å²) in [6, 6.07) is 6.88. The highest BCUT2D eigenvalue weighted by Crippen LogP contribution is 2.10. The minimum atomic E-state index is -3.43. The Morgan fingerprint density at radius 2 is 2.10 bits per heavy atom. The van der Waals surface area contributed by atoms with Crippen molar-refractivity contribution in [2.75, 3.05) is 26.2 Å². The van der Waals surface area contributed by atoms with Crippen LogP contribution in [-0.2, 0) is 14.8 Å². The summed E-state index contributed by atoms with van der Waals surface area (Å²) in [5.74, 6) is 0. The minimum Gasteiger partial charge on any atom is -0.377 e. The van der Waals surface area contributed by atoms with Gasteiger partial charge in [0, 0.05) is 6.54 Å². The molecule has 0 aromatic heterocycles. The molecular weight excluding hydrogens is 276 g/mol. The molecule has 1 fully saturated rings. The Bertz CT molecular complexity index is 525. The van der Waals surface area contributed by atoms with Crippen molar-refractivity contribution in [2.24, 2.45) is 0 Å². The number of benzene rings is 1. The zero-order valence-corrected chi connectivity index (χ0v) is 12.6. The van der Waals surface area contributed by atoms with Crippen molar-refractivity contribution in [3.8, 4) is 0 Å². The van der Waals surface area contributed by atoms with Gasteiger partial charge in [0.15, 0.2) is 0 Å². The molecule has 5 nitrogen and oxygen atoms in total. The quantitative estimate of drug-likeness (QED) is 0.770. The number of aryl methyl sites for hydroxylation is 1. The molecule has 0 spiro atoms. The SMILES string of the molecule is Cc1cccc(S(=O)(=O)NCCOC2CCNCC2)c1. The van der Waals surface area contributed by atoms with Gasteiger partial charge in [0.05, 0.1) is 17.6 Å². The normalized spacial score (nSPS) is 17.2. The van der Waals surface area contributed by atoms with E-state index in [1.807, 2.05) is 13.0 Å². The van der Waals surface area contributed by atoms with Gasteiger partial charge in [-0.2, -0.15) is 0 Å². The highest BCUT2D eigenvalue weighted by Gasteiger charge is 2.15. The Morgan fingerprint density at radius 3 is 2.80 bits per heavy atom. The summed E-state index contributed by atoms with van der Waals surface area (Å²) < 4.78 is 32.4. The summed E-state index contributed by atoms with van der Waals surface area (Å²) in [6.07, 6.45) is 2.23. The molecule has 20 heavy (non-hydrogen) atoms. The summed E-state index contributed by atoms with van der Waals surface area (Å²) >= 11 is 0. The molecule has 2 N–H and O–H groups in total. The highest BCUT2D eigenvalue weighted by atomic mass is 32.2. The van der Waals surface area contributed by atoms with E-state index >= 15 is 0 Å². The first-order valence-electron chi connectivity index (χ1n) is 6.96. The summed E-state index contributed by atoms with van der Waals surface area (Å²) in [4.78, 5) is 0.305. The maximum Gasteiger partial charge on any atom is 0.240 e. The Morgan fingerprint density at radius 1 is 1.35 bits per heavy atom. The van der Waals surface area contributed by atoms with Crippen LogP contribution in [0.3, 0.4) is 0 Å². The molecule has 0 atom stereocenters. The summed E-state index contributed by atoms with van der Waals surface area (Å²) in [5.41, 5.74) is 0.929. The standard InChI is InChI=1S/C14H22N2O3S/c1-12-3-2-4-14(11-12)20(17,18)16-9-10-19-13-5-7-15-8-6-13/h2-4,11,13,15-16H,5-10H2,1H3. The van der Waals surface area contributed by atoms with Crippen molar-refractivity contribution in [3.63, 3.8) is 0 Å². The van der Waals surface area contributed by atoms with Gasteiger partial charge in [0.2, 0.25) is 10.0 Å². The summed E-state index contributed by atoms with van der Waals surface area (Å²) in [5, 5.41) is 3.26. The van der Waals surface area contributed by atoms with Crippen molar-refractivity contribution >= 4 is 10.0 Å². The van der Waals surface area contributed by atoms with E-state index in [4.69, 9.17) is 4.74 Å². The number of rotatable bonds is 6. The van der Waals surface area contributed by atoms with E-state index in [-0.39, 0.29) is 6.10 Å². The fraction of sp³-hybridized carbons (Fsp3) is 0.571. The number of nitrogens with one attached hydrogen (secondary N) is 2. The molecule has 2 rings (SSSR count). The topological polar surface area (TPSA) is 67.4 Å². The van der Waals surface area contributed by atoms with Gasteiger partial charge in [-0.25, -0.2) is 13.1 Å². The molecule has 1 aliphatic heterocycles.